The number of amides is 2. The number of halogens is 1. The minimum atomic E-state index is -0.348. The van der Waals surface area contributed by atoms with E-state index in [1.165, 1.54) is 16.2 Å². The van der Waals surface area contributed by atoms with Gasteiger partial charge in [0.2, 0.25) is 11.8 Å². The minimum absolute atomic E-state index is 0.0385. The van der Waals surface area contributed by atoms with Crippen molar-refractivity contribution in [2.24, 2.45) is 29.6 Å². The van der Waals surface area contributed by atoms with Crippen molar-refractivity contribution in [1.82, 2.24) is 4.98 Å². The predicted octanol–water partition coefficient (Wildman–Crippen LogP) is 6.66. The van der Waals surface area contributed by atoms with Crippen LogP contribution in [0, 0.1) is 36.5 Å². The summed E-state index contributed by atoms with van der Waals surface area (Å²) in [6.45, 7) is 2.35. The van der Waals surface area contributed by atoms with Gasteiger partial charge in [-0.1, -0.05) is 58.8 Å². The number of thioether (sulfide) groups is 1. The number of imide groups is 1. The van der Waals surface area contributed by atoms with Crippen LogP contribution in [0.2, 0.25) is 5.02 Å². The number of thiazole rings is 1. The smallest absolute Gasteiger partial charge is 0.305 e. The zero-order valence-electron chi connectivity index (χ0n) is 24.0. The molecule has 3 fully saturated rings. The molecule has 224 valence electrons. The number of aryl methyl sites for hydroxylation is 1. The average Bonchev–Trinajstić information content (AvgIpc) is 3.76. The number of rotatable bonds is 6. The summed E-state index contributed by atoms with van der Waals surface area (Å²) in [6, 6.07) is 21.1. The minimum Gasteiger partial charge on any atom is -0.493 e. The number of hydrogen-bond donors (Lipinski definition) is 1. The van der Waals surface area contributed by atoms with Crippen LogP contribution in [0.1, 0.15) is 33.9 Å². The van der Waals surface area contributed by atoms with Gasteiger partial charge in [-0.3, -0.25) is 19.3 Å². The number of methoxy groups -OCH3 is 1. The summed E-state index contributed by atoms with van der Waals surface area (Å²) < 4.78 is 11.9. The van der Waals surface area contributed by atoms with E-state index in [0.717, 1.165) is 33.0 Å². The van der Waals surface area contributed by atoms with E-state index in [4.69, 9.17) is 21.1 Å². The van der Waals surface area contributed by atoms with Crippen molar-refractivity contribution in [3.63, 3.8) is 0 Å². The Balaban J connectivity index is 1.14. The molecule has 7 atom stereocenters. The van der Waals surface area contributed by atoms with Gasteiger partial charge in [0.15, 0.2) is 11.5 Å². The number of nitrogens with one attached hydrogen (secondary N) is 1. The third-order valence-corrected chi connectivity index (χ3v) is 12.7. The quantitative estimate of drug-likeness (QED) is 0.236. The maximum absolute atomic E-state index is 14.0. The number of benzene rings is 3. The Morgan fingerprint density at radius 1 is 0.932 bits per heavy atom. The number of nitrogens with zero attached hydrogens (tertiary/aromatic N) is 1. The molecule has 6 unspecified atom stereocenters. The summed E-state index contributed by atoms with van der Waals surface area (Å²) in [4.78, 5) is 45.9. The lowest BCUT2D eigenvalue weighted by molar-refractivity contribution is -0.123. The first-order chi connectivity index (χ1) is 21.3. The second-order valence-electron chi connectivity index (χ2n) is 12.1. The van der Waals surface area contributed by atoms with Crippen LogP contribution in [0.3, 0.4) is 0 Å². The predicted molar refractivity (Wildman–Crippen MR) is 171 cm³/mol. The second kappa shape index (κ2) is 10.5. The van der Waals surface area contributed by atoms with E-state index in [9.17, 15) is 14.4 Å². The number of ether oxygens (including phenoxy) is 2. The number of fused-ring (bicyclic) bond motifs is 9. The van der Waals surface area contributed by atoms with Crippen LogP contribution in [-0.4, -0.2) is 29.2 Å². The van der Waals surface area contributed by atoms with E-state index in [2.05, 4.69) is 11.1 Å². The van der Waals surface area contributed by atoms with Gasteiger partial charge in [-0.05, 0) is 78.6 Å². The van der Waals surface area contributed by atoms with Gasteiger partial charge in [-0.2, -0.15) is 0 Å². The summed E-state index contributed by atoms with van der Waals surface area (Å²) >= 11 is 8.96. The average molecular weight is 645 g/mol. The molecule has 10 heteroatoms. The molecular formula is C34H29ClN2O5S2. The van der Waals surface area contributed by atoms with Gasteiger partial charge in [0.05, 0.1) is 29.7 Å². The van der Waals surface area contributed by atoms with Crippen LogP contribution in [0.15, 0.2) is 76.6 Å². The van der Waals surface area contributed by atoms with Gasteiger partial charge in [0.25, 0.3) is 0 Å². The van der Waals surface area contributed by atoms with Gasteiger partial charge in [0.1, 0.15) is 6.61 Å². The van der Waals surface area contributed by atoms with Crippen molar-refractivity contribution in [3.8, 4) is 11.5 Å². The number of hydrogen-bond acceptors (Lipinski definition) is 7. The molecule has 2 aliphatic carbocycles. The van der Waals surface area contributed by atoms with E-state index in [1.807, 2.05) is 67.6 Å². The molecule has 0 spiro atoms. The van der Waals surface area contributed by atoms with E-state index in [-0.39, 0.29) is 57.4 Å². The highest BCUT2D eigenvalue weighted by Gasteiger charge is 2.69. The first-order valence-electron chi connectivity index (χ1n) is 14.7. The summed E-state index contributed by atoms with van der Waals surface area (Å²) in [5, 5.41) is 1.67. The summed E-state index contributed by atoms with van der Waals surface area (Å²) in [6.07, 6.45) is 0.839. The molecule has 3 aromatic carbocycles. The molecule has 2 saturated carbocycles. The molecule has 4 aromatic rings. The molecule has 1 saturated heterocycles. The van der Waals surface area contributed by atoms with Crippen molar-refractivity contribution >= 4 is 52.2 Å². The first-order valence-corrected chi connectivity index (χ1v) is 16.8. The fraction of sp³-hybridized carbons (Fsp3) is 0.324. The number of anilines is 1. The molecule has 2 aliphatic heterocycles. The third-order valence-electron chi connectivity index (χ3n) is 9.87. The second-order valence-corrected chi connectivity index (χ2v) is 14.8. The molecule has 1 N–H and O–H groups in total. The van der Waals surface area contributed by atoms with Crippen molar-refractivity contribution in [2.75, 3.05) is 12.0 Å². The molecule has 3 heterocycles. The van der Waals surface area contributed by atoms with E-state index >= 15 is 0 Å². The molecule has 7 nitrogen and oxygen atoms in total. The van der Waals surface area contributed by atoms with Crippen molar-refractivity contribution in [2.45, 2.75) is 36.1 Å². The Bertz CT molecular complexity index is 1850. The van der Waals surface area contributed by atoms with Crippen LogP contribution >= 0.6 is 34.7 Å². The summed E-state index contributed by atoms with van der Waals surface area (Å²) in [5.41, 5.74) is 3.73. The molecule has 2 bridgehead atoms. The molecule has 4 aliphatic rings. The largest absolute Gasteiger partial charge is 0.493 e. The Hall–Kier alpha value is -3.53. The summed E-state index contributed by atoms with van der Waals surface area (Å²) in [5.74, 6) is 0.481. The van der Waals surface area contributed by atoms with Crippen LogP contribution in [0.4, 0.5) is 5.69 Å². The highest BCUT2D eigenvalue weighted by atomic mass is 35.5. The van der Waals surface area contributed by atoms with Gasteiger partial charge in [-0.25, -0.2) is 0 Å². The molecular weight excluding hydrogens is 616 g/mol. The molecule has 8 rings (SSSR count). The van der Waals surface area contributed by atoms with Crippen LogP contribution in [-0.2, 0) is 16.2 Å². The topological polar surface area (TPSA) is 88.7 Å². The number of carbonyl (C=O) groups is 2. The Labute approximate surface area is 267 Å². The Morgan fingerprint density at radius 2 is 1.66 bits per heavy atom. The molecule has 0 radical (unpaired) electrons. The molecule has 44 heavy (non-hydrogen) atoms. The number of carbonyl (C=O) groups excluding carboxylic acids is 2. The lowest BCUT2D eigenvalue weighted by Crippen LogP contribution is -2.42. The monoisotopic (exact) mass is 644 g/mol. The maximum atomic E-state index is 14.0. The lowest BCUT2D eigenvalue weighted by atomic mass is 9.68. The van der Waals surface area contributed by atoms with Crippen LogP contribution < -0.4 is 19.2 Å². The highest BCUT2D eigenvalue weighted by molar-refractivity contribution is 8.00. The van der Waals surface area contributed by atoms with Crippen molar-refractivity contribution < 1.29 is 19.1 Å². The van der Waals surface area contributed by atoms with Crippen molar-refractivity contribution in [3.05, 3.63) is 103 Å². The Morgan fingerprint density at radius 3 is 2.39 bits per heavy atom. The summed E-state index contributed by atoms with van der Waals surface area (Å²) in [7, 11) is 1.62. The maximum Gasteiger partial charge on any atom is 0.305 e. The van der Waals surface area contributed by atoms with Crippen molar-refractivity contribution in [1.29, 1.82) is 0 Å². The van der Waals surface area contributed by atoms with Gasteiger partial charge < -0.3 is 14.5 Å². The molecule has 1 aromatic heterocycles. The van der Waals surface area contributed by atoms with E-state index in [0.29, 0.717) is 28.8 Å². The van der Waals surface area contributed by atoms with Gasteiger partial charge in [-0.15, -0.1) is 11.8 Å². The normalized spacial score (nSPS) is 28.2. The fourth-order valence-corrected chi connectivity index (χ4v) is 11.1. The van der Waals surface area contributed by atoms with Gasteiger partial charge >= 0.3 is 4.87 Å². The zero-order chi connectivity index (χ0) is 30.3. The van der Waals surface area contributed by atoms with Gasteiger partial charge in [0, 0.05) is 21.1 Å². The zero-order valence-corrected chi connectivity index (χ0v) is 26.4. The molecule has 2 amide bonds. The lowest BCUT2D eigenvalue weighted by Gasteiger charge is -2.43. The standard InChI is InChI=1S/C34H29ClN2O5S2/c1-16-3-10-20(11-4-16)37-32(38)27-21-14-22(28(27)33(37)39)29-26(21)25(30-31(43-29)36-34(40)44-30)18-7-12-23(24(13-18)41-2)42-15-17-5-8-19(35)9-6-17/h3-13,21-22,25-29H,14-15H2,1-2H3,(H,36,40)/t21?,22?,25-,26?,27?,28?,29?/m1/s1. The van der Waals surface area contributed by atoms with Crippen LogP contribution in [0.5, 0.6) is 11.5 Å². The first kappa shape index (κ1) is 28.0. The number of aromatic amines is 1. The third kappa shape index (κ3) is 4.27. The van der Waals surface area contributed by atoms with E-state index in [1.54, 1.807) is 18.9 Å². The highest BCUT2D eigenvalue weighted by Crippen LogP contribution is 2.68. The fourth-order valence-electron chi connectivity index (χ4n) is 8.08. The number of aromatic nitrogens is 1. The van der Waals surface area contributed by atoms with Crippen LogP contribution in [0.25, 0.3) is 0 Å². The SMILES string of the molecule is COc1cc([C@H]2c3sc(=O)[nH]c3SC3C4CC(C5C(=O)N(c6ccc(C)cc6)C(=O)C45)C32)ccc1OCc1ccc(Cl)cc1. The Kier molecular flexibility index (Phi) is 6.70. The van der Waals surface area contributed by atoms with E-state index < -0.39 is 0 Å². The number of H-pyrrole nitrogens is 1.